The number of nitrogens with one attached hydrogen (secondary N) is 1. The summed E-state index contributed by atoms with van der Waals surface area (Å²) in [5.74, 6) is -2.11. The summed E-state index contributed by atoms with van der Waals surface area (Å²) in [4.78, 5) is 26.2. The van der Waals surface area contributed by atoms with E-state index in [0.29, 0.717) is 5.39 Å². The molecule has 3 rings (SSSR count). The van der Waals surface area contributed by atoms with Gasteiger partial charge < -0.3 is 9.72 Å². The Morgan fingerprint density at radius 2 is 2.13 bits per heavy atom. The summed E-state index contributed by atoms with van der Waals surface area (Å²) in [7, 11) is 0. The number of fused-ring (bicyclic) bond motifs is 1. The topological polar surface area (TPSA) is 77.0 Å². The lowest BCUT2D eigenvalue weighted by Crippen LogP contribution is -2.20. The molecule has 1 N–H and O–H groups in total. The van der Waals surface area contributed by atoms with E-state index in [1.54, 1.807) is 6.92 Å². The predicted octanol–water partition coefficient (Wildman–Crippen LogP) is 2.17. The molecule has 23 heavy (non-hydrogen) atoms. The maximum Gasteiger partial charge on any atom is 0.343 e. The summed E-state index contributed by atoms with van der Waals surface area (Å²) < 4.78 is 33.1. The number of carbonyl (C=O) groups excluding carboxylic acids is 1. The predicted molar refractivity (Wildman–Crippen MR) is 77.6 cm³/mol. The van der Waals surface area contributed by atoms with E-state index in [9.17, 15) is 18.4 Å². The second-order valence-electron chi connectivity index (χ2n) is 4.69. The molecule has 0 atom stereocenters. The number of aromatic amines is 1. The van der Waals surface area contributed by atoms with Crippen LogP contribution in [0.2, 0.25) is 0 Å². The average molecular weight is 319 g/mol. The van der Waals surface area contributed by atoms with E-state index in [1.807, 2.05) is 0 Å². The molecule has 118 valence electrons. The summed E-state index contributed by atoms with van der Waals surface area (Å²) in [6, 6.07) is 4.20. The molecule has 2 heterocycles. The number of hydrogen-bond donors (Lipinski definition) is 1. The first-order valence-corrected chi connectivity index (χ1v) is 6.75. The van der Waals surface area contributed by atoms with Gasteiger partial charge in [0.15, 0.2) is 0 Å². The summed E-state index contributed by atoms with van der Waals surface area (Å²) >= 11 is 0. The third kappa shape index (κ3) is 2.59. The fourth-order valence-corrected chi connectivity index (χ4v) is 2.18. The van der Waals surface area contributed by atoms with Crippen LogP contribution in [0.4, 0.5) is 8.78 Å². The quantitative estimate of drug-likeness (QED) is 0.751. The van der Waals surface area contributed by atoms with Crippen LogP contribution in [-0.2, 0) is 4.74 Å². The lowest BCUT2D eigenvalue weighted by Gasteiger charge is -2.06. The Balaban J connectivity index is 2.19. The second kappa shape index (κ2) is 5.64. The smallest absolute Gasteiger partial charge is 0.343 e. The molecule has 0 aliphatic carbocycles. The molecule has 0 fully saturated rings. The molecule has 0 saturated heterocycles. The molecular weight excluding hydrogens is 308 g/mol. The van der Waals surface area contributed by atoms with Crippen LogP contribution in [0.1, 0.15) is 17.3 Å². The van der Waals surface area contributed by atoms with E-state index in [1.165, 1.54) is 12.3 Å². The average Bonchev–Trinajstić information content (AvgIpc) is 2.91. The highest BCUT2D eigenvalue weighted by atomic mass is 19.1. The number of pyridine rings is 1. The number of hydrogen-bond acceptors (Lipinski definition) is 4. The normalized spacial score (nSPS) is 10.9. The fraction of sp³-hybridized carbons (Fsp3) is 0.133. The molecule has 0 unspecified atom stereocenters. The van der Waals surface area contributed by atoms with Crippen LogP contribution in [0.3, 0.4) is 0 Å². The highest BCUT2D eigenvalue weighted by molar-refractivity contribution is 5.93. The number of rotatable bonds is 3. The number of carbonyl (C=O) groups is 1. The van der Waals surface area contributed by atoms with Gasteiger partial charge in [0.1, 0.15) is 28.5 Å². The second-order valence-corrected chi connectivity index (χ2v) is 4.69. The summed E-state index contributed by atoms with van der Waals surface area (Å²) in [6.07, 6.45) is 1.33. The SMILES string of the molecule is CCOC(=O)c1cc2cnn(-c3cc(F)ccc3F)c2[nH]c1=O. The summed E-state index contributed by atoms with van der Waals surface area (Å²) in [5.41, 5.74) is -0.889. The monoisotopic (exact) mass is 319 g/mol. The molecule has 0 aliphatic rings. The van der Waals surface area contributed by atoms with Gasteiger partial charge in [-0.1, -0.05) is 0 Å². The summed E-state index contributed by atoms with van der Waals surface area (Å²) in [5, 5.41) is 4.33. The van der Waals surface area contributed by atoms with Gasteiger partial charge in [-0.3, -0.25) is 4.79 Å². The Morgan fingerprint density at radius 1 is 1.35 bits per heavy atom. The zero-order valence-electron chi connectivity index (χ0n) is 12.0. The van der Waals surface area contributed by atoms with Gasteiger partial charge in [0.05, 0.1) is 12.8 Å². The Hall–Kier alpha value is -3.03. The molecule has 6 nitrogen and oxygen atoms in total. The van der Waals surface area contributed by atoms with Crippen molar-refractivity contribution in [3.05, 3.63) is 58.0 Å². The molecule has 0 radical (unpaired) electrons. The Morgan fingerprint density at radius 3 is 2.87 bits per heavy atom. The number of esters is 1. The lowest BCUT2D eigenvalue weighted by molar-refractivity contribution is 0.0524. The third-order valence-electron chi connectivity index (χ3n) is 3.21. The zero-order chi connectivity index (χ0) is 16.6. The minimum absolute atomic E-state index is 0.129. The number of ether oxygens (including phenoxy) is 1. The number of aromatic nitrogens is 3. The van der Waals surface area contributed by atoms with E-state index >= 15 is 0 Å². The first-order chi connectivity index (χ1) is 11.0. The molecule has 8 heteroatoms. The molecule has 0 saturated carbocycles. The number of benzene rings is 1. The molecular formula is C15H11F2N3O3. The molecule has 0 amide bonds. The van der Waals surface area contributed by atoms with E-state index < -0.39 is 23.2 Å². The molecule has 0 aliphatic heterocycles. The largest absolute Gasteiger partial charge is 0.462 e. The van der Waals surface area contributed by atoms with Crippen molar-refractivity contribution in [2.24, 2.45) is 0 Å². The number of nitrogens with zero attached hydrogens (tertiary/aromatic N) is 2. The molecule has 1 aromatic carbocycles. The van der Waals surface area contributed by atoms with Gasteiger partial charge in [0, 0.05) is 11.5 Å². The van der Waals surface area contributed by atoms with Gasteiger partial charge in [-0.15, -0.1) is 0 Å². The molecule has 2 aromatic heterocycles. The molecule has 3 aromatic rings. The lowest BCUT2D eigenvalue weighted by atomic mass is 10.2. The Bertz CT molecular complexity index is 962. The third-order valence-corrected chi connectivity index (χ3v) is 3.21. The van der Waals surface area contributed by atoms with Gasteiger partial charge in [-0.2, -0.15) is 5.10 Å². The minimum atomic E-state index is -0.764. The van der Waals surface area contributed by atoms with Crippen molar-refractivity contribution in [1.29, 1.82) is 0 Å². The van der Waals surface area contributed by atoms with Gasteiger partial charge in [0.2, 0.25) is 0 Å². The van der Waals surface area contributed by atoms with E-state index in [4.69, 9.17) is 4.74 Å². The summed E-state index contributed by atoms with van der Waals surface area (Å²) in [6.45, 7) is 1.75. The molecule has 0 spiro atoms. The van der Waals surface area contributed by atoms with Crippen molar-refractivity contribution in [3.8, 4) is 5.69 Å². The Kier molecular flexibility index (Phi) is 3.65. The van der Waals surface area contributed by atoms with Crippen LogP contribution in [-0.4, -0.2) is 27.3 Å². The highest BCUT2D eigenvalue weighted by Gasteiger charge is 2.17. The highest BCUT2D eigenvalue weighted by Crippen LogP contribution is 2.19. The van der Waals surface area contributed by atoms with Crippen LogP contribution in [0, 0.1) is 11.6 Å². The fourth-order valence-electron chi connectivity index (χ4n) is 2.18. The van der Waals surface area contributed by atoms with Gasteiger partial charge >= 0.3 is 5.97 Å². The van der Waals surface area contributed by atoms with E-state index in [2.05, 4.69) is 10.1 Å². The van der Waals surface area contributed by atoms with Crippen LogP contribution in [0.25, 0.3) is 16.7 Å². The van der Waals surface area contributed by atoms with Crippen molar-refractivity contribution in [2.45, 2.75) is 6.92 Å². The first kappa shape index (κ1) is 14.9. The van der Waals surface area contributed by atoms with Crippen molar-refractivity contribution in [1.82, 2.24) is 14.8 Å². The van der Waals surface area contributed by atoms with Gasteiger partial charge in [-0.05, 0) is 25.1 Å². The van der Waals surface area contributed by atoms with Crippen molar-refractivity contribution in [3.63, 3.8) is 0 Å². The zero-order valence-corrected chi connectivity index (χ0v) is 12.0. The van der Waals surface area contributed by atoms with Crippen molar-refractivity contribution >= 4 is 17.0 Å². The first-order valence-electron chi connectivity index (χ1n) is 6.75. The molecule has 0 bridgehead atoms. The van der Waals surface area contributed by atoms with E-state index in [0.717, 1.165) is 22.9 Å². The maximum absolute atomic E-state index is 13.9. The standard InChI is InChI=1S/C15H11F2N3O3/c1-2-23-15(22)10-5-8-7-18-20(13(8)19-14(10)21)12-6-9(16)3-4-11(12)17/h3-7H,2H2,1H3,(H,19,21). The Labute approximate surface area is 128 Å². The number of H-pyrrole nitrogens is 1. The van der Waals surface area contributed by atoms with Crippen LogP contribution >= 0.6 is 0 Å². The van der Waals surface area contributed by atoms with Crippen molar-refractivity contribution in [2.75, 3.05) is 6.61 Å². The van der Waals surface area contributed by atoms with Crippen LogP contribution in [0.15, 0.2) is 35.3 Å². The number of halogens is 2. The van der Waals surface area contributed by atoms with E-state index in [-0.39, 0.29) is 23.5 Å². The van der Waals surface area contributed by atoms with Crippen LogP contribution < -0.4 is 5.56 Å². The van der Waals surface area contributed by atoms with Crippen molar-refractivity contribution < 1.29 is 18.3 Å². The maximum atomic E-state index is 13.9. The minimum Gasteiger partial charge on any atom is -0.462 e. The van der Waals surface area contributed by atoms with Gasteiger partial charge in [-0.25, -0.2) is 18.3 Å². The van der Waals surface area contributed by atoms with Gasteiger partial charge in [0.25, 0.3) is 5.56 Å². The van der Waals surface area contributed by atoms with Crippen LogP contribution in [0.5, 0.6) is 0 Å².